The first-order valence-electron chi connectivity index (χ1n) is 9.71. The Kier molecular flexibility index (Phi) is 5.39. The molecule has 0 fully saturated rings. The predicted molar refractivity (Wildman–Crippen MR) is 124 cm³/mol. The van der Waals surface area contributed by atoms with Crippen molar-refractivity contribution in [2.45, 2.75) is 5.75 Å². The van der Waals surface area contributed by atoms with E-state index in [9.17, 15) is 13.6 Å². The van der Waals surface area contributed by atoms with E-state index in [1.54, 1.807) is 19.4 Å². The molecule has 1 N–H and O–H groups in total. The molecule has 2 aromatic carbocycles. The summed E-state index contributed by atoms with van der Waals surface area (Å²) in [5.41, 5.74) is 3.02. The van der Waals surface area contributed by atoms with E-state index in [1.165, 1.54) is 10.6 Å². The minimum absolute atomic E-state index is 0.0630. The molecule has 2 heterocycles. The van der Waals surface area contributed by atoms with Gasteiger partial charge in [0.25, 0.3) is 5.56 Å². The minimum atomic E-state index is -0.810. The maximum absolute atomic E-state index is 14.3. The van der Waals surface area contributed by atoms with Crippen LogP contribution in [0.3, 0.4) is 0 Å². The maximum atomic E-state index is 14.3. The van der Waals surface area contributed by atoms with Crippen LogP contribution in [-0.4, -0.2) is 28.3 Å². The molecule has 4 rings (SSSR count). The Morgan fingerprint density at radius 3 is 2.45 bits per heavy atom. The molecule has 0 radical (unpaired) electrons. The van der Waals surface area contributed by atoms with E-state index in [2.05, 4.69) is 23.8 Å². The molecule has 0 bridgehead atoms. The maximum Gasteiger partial charge on any atom is 0.274 e. The molecule has 0 unspecified atom stereocenters. The molecule has 0 saturated carbocycles. The van der Waals surface area contributed by atoms with Crippen molar-refractivity contribution < 1.29 is 13.5 Å². The highest BCUT2D eigenvalue weighted by Crippen LogP contribution is 2.43. The monoisotopic (exact) mass is 442 g/mol. The number of hydrogen-bond donors (Lipinski definition) is 1. The third-order valence-electron chi connectivity index (χ3n) is 4.94. The van der Waals surface area contributed by atoms with Crippen LogP contribution >= 0.6 is 10.0 Å². The molecule has 0 aliphatic carbocycles. The number of aromatic amines is 1. The summed E-state index contributed by atoms with van der Waals surface area (Å²) in [6, 6.07) is 10.9. The fourth-order valence-electron chi connectivity index (χ4n) is 3.63. The standard InChI is InChI=1S/C24H24F2N2O2S/c1-28-13-19(17-9-10-27-23(17)24(28)29)18-11-15(14-31(2,3)4)5-7-21(18)30-22-8-6-16(25)12-20(22)26/h5-13,27H,14H2,1-4H3. The average molecular weight is 443 g/mol. The fraction of sp³-hybridized carbons (Fsp3) is 0.208. The molecular formula is C24H24F2N2O2S. The molecular weight excluding hydrogens is 418 g/mol. The molecule has 31 heavy (non-hydrogen) atoms. The van der Waals surface area contributed by atoms with Crippen LogP contribution in [0.1, 0.15) is 5.56 Å². The number of nitrogens with one attached hydrogen (secondary N) is 1. The van der Waals surface area contributed by atoms with Gasteiger partial charge in [0.05, 0.1) is 0 Å². The molecule has 0 atom stereocenters. The first-order valence-corrected chi connectivity index (χ1v) is 12.7. The van der Waals surface area contributed by atoms with Gasteiger partial charge in [-0.05, 0) is 54.7 Å². The van der Waals surface area contributed by atoms with Crippen molar-refractivity contribution in [2.75, 3.05) is 18.8 Å². The van der Waals surface area contributed by atoms with Gasteiger partial charge in [-0.2, -0.15) is 0 Å². The lowest BCUT2D eigenvalue weighted by atomic mass is 10.0. The highest BCUT2D eigenvalue weighted by atomic mass is 32.3. The number of rotatable bonds is 5. The zero-order valence-corrected chi connectivity index (χ0v) is 18.6. The summed E-state index contributed by atoms with van der Waals surface area (Å²) in [7, 11) is 0.880. The zero-order chi connectivity index (χ0) is 22.3. The van der Waals surface area contributed by atoms with Crippen LogP contribution in [0.15, 0.2) is 59.7 Å². The van der Waals surface area contributed by atoms with Gasteiger partial charge in [-0.3, -0.25) is 4.79 Å². The summed E-state index contributed by atoms with van der Waals surface area (Å²) in [5, 5.41) is 0.757. The van der Waals surface area contributed by atoms with Crippen molar-refractivity contribution in [1.29, 1.82) is 0 Å². The third-order valence-corrected chi connectivity index (χ3v) is 6.14. The summed E-state index contributed by atoms with van der Waals surface area (Å²) < 4.78 is 35.0. The SMILES string of the molecule is Cn1cc(-c2cc(CS(C)(C)C)ccc2Oc2ccc(F)cc2F)c2cc[nH]c2c1=O. The molecule has 0 amide bonds. The average Bonchev–Trinajstić information content (AvgIpc) is 3.17. The van der Waals surface area contributed by atoms with Crippen molar-refractivity contribution >= 4 is 20.9 Å². The molecule has 4 nitrogen and oxygen atoms in total. The van der Waals surface area contributed by atoms with Crippen molar-refractivity contribution in [3.05, 3.63) is 82.4 Å². The third kappa shape index (κ3) is 4.37. The van der Waals surface area contributed by atoms with Crippen molar-refractivity contribution in [1.82, 2.24) is 9.55 Å². The Bertz CT molecular complexity index is 1340. The lowest BCUT2D eigenvalue weighted by Crippen LogP contribution is -2.16. The van der Waals surface area contributed by atoms with Crippen molar-refractivity contribution in [2.24, 2.45) is 7.05 Å². The van der Waals surface area contributed by atoms with Gasteiger partial charge in [0.15, 0.2) is 11.6 Å². The highest BCUT2D eigenvalue weighted by Gasteiger charge is 2.18. The van der Waals surface area contributed by atoms with Crippen molar-refractivity contribution in [3.63, 3.8) is 0 Å². The van der Waals surface area contributed by atoms with E-state index < -0.39 is 21.7 Å². The first kappa shape index (κ1) is 21.2. The van der Waals surface area contributed by atoms with E-state index in [4.69, 9.17) is 4.74 Å². The molecule has 0 aliphatic rings. The van der Waals surface area contributed by atoms with Crippen LogP contribution in [0, 0.1) is 11.6 Å². The number of aromatic nitrogens is 2. The van der Waals surface area contributed by atoms with Crippen molar-refractivity contribution in [3.8, 4) is 22.6 Å². The number of pyridine rings is 1. The van der Waals surface area contributed by atoms with Gasteiger partial charge in [-0.25, -0.2) is 18.8 Å². The van der Waals surface area contributed by atoms with Crippen LogP contribution < -0.4 is 10.3 Å². The van der Waals surface area contributed by atoms with E-state index in [0.717, 1.165) is 40.0 Å². The van der Waals surface area contributed by atoms with Gasteiger partial charge in [0.1, 0.15) is 17.1 Å². The summed E-state index contributed by atoms with van der Waals surface area (Å²) in [4.78, 5) is 15.5. The quantitative estimate of drug-likeness (QED) is 0.425. The predicted octanol–water partition coefficient (Wildman–Crippen LogP) is 5.80. The number of nitrogens with zero attached hydrogens (tertiary/aromatic N) is 1. The fourth-order valence-corrected chi connectivity index (χ4v) is 4.81. The number of H-pyrrole nitrogens is 1. The number of fused-ring (bicyclic) bond motifs is 1. The van der Waals surface area contributed by atoms with Gasteiger partial charge < -0.3 is 14.3 Å². The van der Waals surface area contributed by atoms with Crippen LogP contribution in [0.25, 0.3) is 22.0 Å². The number of aryl methyl sites for hydroxylation is 1. The lowest BCUT2D eigenvalue weighted by Gasteiger charge is -2.26. The van der Waals surface area contributed by atoms with E-state index in [1.807, 2.05) is 24.3 Å². The first-order chi connectivity index (χ1) is 14.6. The summed E-state index contributed by atoms with van der Waals surface area (Å²) in [6.07, 6.45) is 10.2. The number of ether oxygens (including phenoxy) is 1. The molecule has 7 heteroatoms. The molecule has 0 aliphatic heterocycles. The van der Waals surface area contributed by atoms with E-state index >= 15 is 0 Å². The van der Waals surface area contributed by atoms with Crippen LogP contribution in [0.4, 0.5) is 8.78 Å². The number of halogens is 2. The van der Waals surface area contributed by atoms with Gasteiger partial charge in [-0.1, -0.05) is 6.07 Å². The normalized spacial score (nSPS) is 12.3. The minimum Gasteiger partial charge on any atom is -0.454 e. The molecule has 0 saturated heterocycles. The van der Waals surface area contributed by atoms with Crippen LogP contribution in [-0.2, 0) is 12.8 Å². The summed E-state index contributed by atoms with van der Waals surface area (Å²) in [6.45, 7) is 0. The van der Waals surface area contributed by atoms with E-state index in [-0.39, 0.29) is 11.3 Å². The molecule has 4 aromatic rings. The topological polar surface area (TPSA) is 47.0 Å². The smallest absolute Gasteiger partial charge is 0.274 e. The highest BCUT2D eigenvalue weighted by molar-refractivity contribution is 8.31. The van der Waals surface area contributed by atoms with Crippen LogP contribution in [0.2, 0.25) is 0 Å². The van der Waals surface area contributed by atoms with Gasteiger partial charge in [-0.15, -0.1) is 0 Å². The van der Waals surface area contributed by atoms with Gasteiger partial charge in [0.2, 0.25) is 0 Å². The Hall–Kier alpha value is -3.06. The number of hydrogen-bond acceptors (Lipinski definition) is 2. The molecule has 162 valence electrons. The van der Waals surface area contributed by atoms with Crippen LogP contribution in [0.5, 0.6) is 11.5 Å². The van der Waals surface area contributed by atoms with Gasteiger partial charge >= 0.3 is 0 Å². The zero-order valence-electron chi connectivity index (χ0n) is 17.8. The largest absolute Gasteiger partial charge is 0.454 e. The molecule has 0 spiro atoms. The molecule has 2 aromatic heterocycles. The number of benzene rings is 2. The lowest BCUT2D eigenvalue weighted by molar-refractivity contribution is 0.439. The van der Waals surface area contributed by atoms with Gasteiger partial charge in [0, 0.05) is 47.8 Å². The second-order valence-electron chi connectivity index (χ2n) is 8.47. The Balaban J connectivity index is 1.92. The summed E-state index contributed by atoms with van der Waals surface area (Å²) >= 11 is 0. The Morgan fingerprint density at radius 1 is 1.00 bits per heavy atom. The second kappa shape index (κ2) is 7.89. The van der Waals surface area contributed by atoms with E-state index in [0.29, 0.717) is 11.3 Å². The Morgan fingerprint density at radius 2 is 1.74 bits per heavy atom. The Labute approximate surface area is 180 Å². The summed E-state index contributed by atoms with van der Waals surface area (Å²) in [5.74, 6) is -0.166. The second-order valence-corrected chi connectivity index (χ2v) is 12.9.